The molecule has 51 heavy (non-hydrogen) atoms. The van der Waals surface area contributed by atoms with E-state index in [0.717, 1.165) is 67.8 Å². The van der Waals surface area contributed by atoms with Crippen molar-refractivity contribution in [1.29, 1.82) is 0 Å². The molecule has 7 nitrogen and oxygen atoms in total. The van der Waals surface area contributed by atoms with E-state index in [4.69, 9.17) is 0 Å². The lowest BCUT2D eigenvalue weighted by molar-refractivity contribution is -0.156. The van der Waals surface area contributed by atoms with Gasteiger partial charge in [0.2, 0.25) is 11.8 Å². The number of carbonyl (C=O) groups is 2. The number of hydrogen-bond acceptors (Lipinski definition) is 5. The number of benzene rings is 1. The minimum Gasteiger partial charge on any atom is -0.393 e. The second-order valence-corrected chi connectivity index (χ2v) is 18.3. The first-order valence-corrected chi connectivity index (χ1v) is 20.5. The largest absolute Gasteiger partial charge is 0.393 e. The van der Waals surface area contributed by atoms with Crippen LogP contribution in [0.2, 0.25) is 0 Å². The summed E-state index contributed by atoms with van der Waals surface area (Å²) in [5.41, 5.74) is 3.46. The smallest absolute Gasteiger partial charge is 0.247 e. The van der Waals surface area contributed by atoms with Gasteiger partial charge in [0, 0.05) is 44.2 Å². The summed E-state index contributed by atoms with van der Waals surface area (Å²) >= 11 is 0. The molecule has 1 saturated heterocycles. The van der Waals surface area contributed by atoms with E-state index in [2.05, 4.69) is 37.6 Å². The van der Waals surface area contributed by atoms with Gasteiger partial charge in [-0.2, -0.15) is 0 Å². The third kappa shape index (κ3) is 7.01. The van der Waals surface area contributed by atoms with E-state index in [1.165, 1.54) is 32.1 Å². The second-order valence-electron chi connectivity index (χ2n) is 18.3. The first kappa shape index (κ1) is 36.9. The van der Waals surface area contributed by atoms with E-state index in [9.17, 15) is 19.8 Å². The quantitative estimate of drug-likeness (QED) is 0.268. The van der Waals surface area contributed by atoms with Crippen LogP contribution >= 0.6 is 0 Å². The third-order valence-electron chi connectivity index (χ3n) is 15.7. The Hall–Kier alpha value is -2.48. The third-order valence-corrected chi connectivity index (χ3v) is 15.7. The van der Waals surface area contributed by atoms with Crippen molar-refractivity contribution >= 4 is 11.8 Å². The van der Waals surface area contributed by atoms with Crippen LogP contribution in [0.15, 0.2) is 54.1 Å². The molecule has 0 spiro atoms. The molecule has 12 atom stereocenters. The maximum atomic E-state index is 14.2. The normalized spacial score (nSPS) is 39.5. The molecule has 0 unspecified atom stereocenters. The van der Waals surface area contributed by atoms with Crippen LogP contribution in [0.3, 0.4) is 0 Å². The molecule has 7 rings (SSSR count). The van der Waals surface area contributed by atoms with E-state index >= 15 is 0 Å². The molecule has 1 aliphatic heterocycles. The molecule has 3 N–H and O–H groups in total. The molecule has 5 fully saturated rings. The van der Waals surface area contributed by atoms with Crippen LogP contribution in [-0.2, 0) is 16.0 Å². The first-order valence-electron chi connectivity index (χ1n) is 20.5. The monoisotopic (exact) mass is 699 g/mol. The van der Waals surface area contributed by atoms with E-state index < -0.39 is 6.04 Å². The Morgan fingerprint density at radius 3 is 2.37 bits per heavy atom. The van der Waals surface area contributed by atoms with Crippen molar-refractivity contribution in [3.8, 4) is 0 Å². The lowest BCUT2D eigenvalue weighted by Gasteiger charge is -2.63. The van der Waals surface area contributed by atoms with E-state index in [-0.39, 0.29) is 40.9 Å². The second kappa shape index (κ2) is 14.7. The highest BCUT2D eigenvalue weighted by atomic mass is 16.3. The minimum atomic E-state index is -0.619. The number of amides is 2. The van der Waals surface area contributed by atoms with Gasteiger partial charge in [0.1, 0.15) is 6.04 Å². The molecule has 0 aromatic heterocycles. The summed E-state index contributed by atoms with van der Waals surface area (Å²) in [6.45, 7) is 16.0. The zero-order chi connectivity index (χ0) is 36.1. The standard InChI is InChI=1S/C44H65N3O4/c1-28(2)31-11-13-32(14-12-31)41(50)45-38(25-30-9-7-6-8-10-30)42(51)47-23-21-46(22-24-47)39-27-44(5)33(26-40(39)49)15-16-34-36-18-17-35(29(3)48)43(36,4)20-19-37(34)44/h6-10,13,29,31,33-40,48-49H,1,11-12,14-27H2,2-5H3,(H,45,50)/t29-,31-,33+,34+,35-,36+,37+,38+,39+,40+,43-,44+/m1/s1. The highest BCUT2D eigenvalue weighted by molar-refractivity contribution is 5.97. The summed E-state index contributed by atoms with van der Waals surface area (Å²) in [7, 11) is 0. The van der Waals surface area contributed by atoms with Gasteiger partial charge >= 0.3 is 0 Å². The highest BCUT2D eigenvalue weighted by Crippen LogP contribution is 2.68. The zero-order valence-corrected chi connectivity index (χ0v) is 31.9. The van der Waals surface area contributed by atoms with Crippen LogP contribution < -0.4 is 5.32 Å². The van der Waals surface area contributed by atoms with Gasteiger partial charge in [0.15, 0.2) is 0 Å². The van der Waals surface area contributed by atoms with Crippen molar-refractivity contribution in [1.82, 2.24) is 15.1 Å². The number of carbonyl (C=O) groups excluding carboxylic acids is 2. The van der Waals surface area contributed by atoms with Crippen LogP contribution in [0, 0.1) is 46.3 Å². The van der Waals surface area contributed by atoms with E-state index in [1.807, 2.05) is 48.2 Å². The fourth-order valence-electron chi connectivity index (χ4n) is 12.8. The number of fused-ring (bicyclic) bond motifs is 5. The van der Waals surface area contributed by atoms with Crippen molar-refractivity contribution in [2.45, 2.75) is 129 Å². The van der Waals surface area contributed by atoms with Crippen molar-refractivity contribution in [2.24, 2.45) is 46.3 Å². The average Bonchev–Trinajstić information content (AvgIpc) is 3.49. The van der Waals surface area contributed by atoms with Gasteiger partial charge in [-0.25, -0.2) is 0 Å². The number of nitrogens with zero attached hydrogens (tertiary/aromatic N) is 2. The number of aliphatic hydroxyl groups is 2. The van der Waals surface area contributed by atoms with E-state index in [0.29, 0.717) is 55.5 Å². The predicted octanol–water partition coefficient (Wildman–Crippen LogP) is 6.54. The molecule has 4 saturated carbocycles. The minimum absolute atomic E-state index is 0.00765. The lowest BCUT2D eigenvalue weighted by atomic mass is 9.44. The number of aliphatic hydroxyl groups excluding tert-OH is 2. The van der Waals surface area contributed by atoms with Gasteiger partial charge < -0.3 is 20.4 Å². The summed E-state index contributed by atoms with van der Waals surface area (Å²) in [4.78, 5) is 32.1. The predicted molar refractivity (Wildman–Crippen MR) is 203 cm³/mol. The van der Waals surface area contributed by atoms with Crippen molar-refractivity contribution in [3.63, 3.8) is 0 Å². The fraction of sp³-hybridized carbons (Fsp3) is 0.727. The maximum Gasteiger partial charge on any atom is 0.247 e. The topological polar surface area (TPSA) is 93.1 Å². The van der Waals surface area contributed by atoms with Gasteiger partial charge in [-0.05, 0) is 136 Å². The number of nitrogens with one attached hydrogen (secondary N) is 1. The lowest BCUT2D eigenvalue weighted by Crippen LogP contribution is -2.63. The van der Waals surface area contributed by atoms with Crippen LogP contribution in [-0.4, -0.2) is 82.3 Å². The van der Waals surface area contributed by atoms with Gasteiger partial charge in [-0.1, -0.05) is 62.4 Å². The molecule has 2 amide bonds. The molecule has 0 bridgehead atoms. The number of allylic oxidation sites excluding steroid dienone is 2. The first-order chi connectivity index (χ1) is 24.4. The summed E-state index contributed by atoms with van der Waals surface area (Å²) in [6.07, 6.45) is 13.7. The summed E-state index contributed by atoms with van der Waals surface area (Å²) in [6, 6.07) is 9.50. The fourth-order valence-corrected chi connectivity index (χ4v) is 12.8. The van der Waals surface area contributed by atoms with Crippen LogP contribution in [0.4, 0.5) is 0 Å². The number of rotatable bonds is 8. The van der Waals surface area contributed by atoms with Gasteiger partial charge in [0.05, 0.1) is 12.2 Å². The molecular weight excluding hydrogens is 635 g/mol. The Morgan fingerprint density at radius 2 is 1.71 bits per heavy atom. The van der Waals surface area contributed by atoms with Crippen LogP contribution in [0.5, 0.6) is 0 Å². The van der Waals surface area contributed by atoms with Gasteiger partial charge in [0.25, 0.3) is 0 Å². The molecule has 1 aromatic carbocycles. The Bertz CT molecular complexity index is 1470. The van der Waals surface area contributed by atoms with Crippen LogP contribution in [0.25, 0.3) is 0 Å². The zero-order valence-electron chi connectivity index (χ0n) is 31.9. The van der Waals surface area contributed by atoms with Gasteiger partial charge in [-0.15, -0.1) is 0 Å². The van der Waals surface area contributed by atoms with E-state index in [1.54, 1.807) is 0 Å². The maximum absolute atomic E-state index is 14.2. The summed E-state index contributed by atoms with van der Waals surface area (Å²) in [5.74, 6) is 3.41. The Labute approximate surface area is 307 Å². The SMILES string of the molecule is C=C(C)[C@@H]1CC=C(C(=O)N[C@@H](Cc2ccccc2)C(=O)N2CCN([C@H]3C[C@@]4(C)[C@@H](CC[C@@H]5[C@@H]4CC[C@]4(C)[C@@H]([C@@H](C)O)CC[C@@H]54)C[C@@H]3O)CC2)CC1. The Morgan fingerprint density at radius 1 is 0.980 bits per heavy atom. The highest BCUT2D eigenvalue weighted by Gasteiger charge is 2.62. The molecule has 280 valence electrons. The molecule has 7 heteroatoms. The van der Waals surface area contributed by atoms with Crippen molar-refractivity contribution < 1.29 is 19.8 Å². The Kier molecular flexibility index (Phi) is 10.7. The molecule has 0 radical (unpaired) electrons. The molecule has 5 aliphatic carbocycles. The van der Waals surface area contributed by atoms with Crippen molar-refractivity contribution in [2.75, 3.05) is 26.2 Å². The molecule has 1 aromatic rings. The Balaban J connectivity index is 1.01. The summed E-state index contributed by atoms with van der Waals surface area (Å²) < 4.78 is 0. The van der Waals surface area contributed by atoms with Gasteiger partial charge in [-0.3, -0.25) is 14.5 Å². The number of piperazine rings is 1. The molecule has 1 heterocycles. The molecule has 6 aliphatic rings. The number of hydrogen-bond donors (Lipinski definition) is 3. The molecular formula is C44H65N3O4. The average molecular weight is 700 g/mol. The van der Waals surface area contributed by atoms with Crippen LogP contribution in [0.1, 0.15) is 104 Å². The summed E-state index contributed by atoms with van der Waals surface area (Å²) in [5, 5.41) is 25.5. The van der Waals surface area contributed by atoms with Crippen molar-refractivity contribution in [3.05, 3.63) is 59.7 Å².